The highest BCUT2D eigenvalue weighted by atomic mass is 16.6. The van der Waals surface area contributed by atoms with E-state index in [2.05, 4.69) is 10.6 Å². The highest BCUT2D eigenvalue weighted by Crippen LogP contribution is 2.18. The predicted molar refractivity (Wildman–Crippen MR) is 103 cm³/mol. The number of urea groups is 1. The number of hydrogen-bond acceptors (Lipinski definition) is 3. The van der Waals surface area contributed by atoms with Crippen molar-refractivity contribution in [3.63, 3.8) is 0 Å². The Balaban J connectivity index is 1.33. The van der Waals surface area contributed by atoms with Gasteiger partial charge in [-0.2, -0.15) is 0 Å². The molecule has 3 rings (SSSR count). The molecule has 1 aliphatic rings. The van der Waals surface area contributed by atoms with Crippen LogP contribution in [-0.2, 0) is 6.54 Å². The molecule has 6 heteroatoms. The Morgan fingerprint density at radius 3 is 2.22 bits per heavy atom. The molecule has 0 atom stereocenters. The highest BCUT2D eigenvalue weighted by Gasteiger charge is 2.24. The minimum atomic E-state index is -0.312. The van der Waals surface area contributed by atoms with Gasteiger partial charge in [0, 0.05) is 26.2 Å². The van der Waals surface area contributed by atoms with Gasteiger partial charge < -0.3 is 20.3 Å². The maximum absolute atomic E-state index is 12.2. The molecule has 0 radical (unpaired) electrons. The van der Waals surface area contributed by atoms with Crippen molar-refractivity contribution in [1.82, 2.24) is 15.5 Å². The van der Waals surface area contributed by atoms with Crippen molar-refractivity contribution >= 4 is 12.1 Å². The Morgan fingerprint density at radius 2 is 1.56 bits per heavy atom. The van der Waals surface area contributed by atoms with E-state index < -0.39 is 0 Å². The fourth-order valence-electron chi connectivity index (χ4n) is 3.05. The quantitative estimate of drug-likeness (QED) is 0.851. The monoisotopic (exact) mass is 367 g/mol. The Morgan fingerprint density at radius 1 is 0.926 bits per heavy atom. The van der Waals surface area contributed by atoms with E-state index in [0.29, 0.717) is 37.8 Å². The molecule has 1 saturated heterocycles. The summed E-state index contributed by atoms with van der Waals surface area (Å²) in [6, 6.07) is 18.7. The molecule has 0 bridgehead atoms. The third-order valence-electron chi connectivity index (χ3n) is 4.67. The van der Waals surface area contributed by atoms with E-state index in [-0.39, 0.29) is 12.1 Å². The maximum atomic E-state index is 12.2. The van der Waals surface area contributed by atoms with Gasteiger partial charge >= 0.3 is 12.1 Å². The summed E-state index contributed by atoms with van der Waals surface area (Å²) in [4.78, 5) is 25.8. The topological polar surface area (TPSA) is 70.7 Å². The van der Waals surface area contributed by atoms with E-state index >= 15 is 0 Å². The highest BCUT2D eigenvalue weighted by molar-refractivity contribution is 5.73. The largest absolute Gasteiger partial charge is 0.415 e. The second kappa shape index (κ2) is 9.62. The molecule has 6 nitrogen and oxygen atoms in total. The van der Waals surface area contributed by atoms with Gasteiger partial charge in [0.05, 0.1) is 0 Å². The zero-order valence-corrected chi connectivity index (χ0v) is 15.3. The molecule has 2 N–H and O–H groups in total. The number of carbonyl (C=O) groups is 2. The Hall–Kier alpha value is -3.02. The van der Waals surface area contributed by atoms with Crippen LogP contribution in [0.4, 0.5) is 9.59 Å². The number of nitrogens with zero attached hydrogens (tertiary/aromatic N) is 1. The maximum Gasteiger partial charge on any atom is 0.415 e. The first-order valence-electron chi connectivity index (χ1n) is 9.28. The van der Waals surface area contributed by atoms with Crippen molar-refractivity contribution in [1.29, 1.82) is 0 Å². The van der Waals surface area contributed by atoms with Gasteiger partial charge in [0.25, 0.3) is 0 Å². The van der Waals surface area contributed by atoms with Gasteiger partial charge in [0.1, 0.15) is 5.75 Å². The molecule has 27 heavy (non-hydrogen) atoms. The van der Waals surface area contributed by atoms with Crippen LogP contribution in [-0.4, -0.2) is 36.7 Å². The molecule has 0 unspecified atom stereocenters. The summed E-state index contributed by atoms with van der Waals surface area (Å²) in [5, 5.41) is 5.78. The first-order chi connectivity index (χ1) is 13.2. The van der Waals surface area contributed by atoms with Crippen molar-refractivity contribution in [3.8, 4) is 5.75 Å². The van der Waals surface area contributed by atoms with Gasteiger partial charge in [-0.05, 0) is 36.5 Å². The number of hydrogen-bond donors (Lipinski definition) is 2. The number of piperidine rings is 1. The van der Waals surface area contributed by atoms with Crippen LogP contribution in [0.1, 0.15) is 18.4 Å². The van der Waals surface area contributed by atoms with Crippen LogP contribution in [0.25, 0.3) is 0 Å². The number of likely N-dealkylation sites (tertiary alicyclic amines) is 1. The van der Waals surface area contributed by atoms with E-state index in [1.165, 1.54) is 0 Å². The zero-order valence-electron chi connectivity index (χ0n) is 15.3. The van der Waals surface area contributed by atoms with Crippen molar-refractivity contribution < 1.29 is 14.3 Å². The summed E-state index contributed by atoms with van der Waals surface area (Å²) >= 11 is 0. The molecule has 1 heterocycles. The Labute approximate surface area is 159 Å². The lowest BCUT2D eigenvalue weighted by Gasteiger charge is -2.31. The van der Waals surface area contributed by atoms with Crippen LogP contribution in [0.3, 0.4) is 0 Å². The summed E-state index contributed by atoms with van der Waals surface area (Å²) in [5.74, 6) is 0.926. The smallest absolute Gasteiger partial charge is 0.410 e. The fourth-order valence-corrected chi connectivity index (χ4v) is 3.05. The van der Waals surface area contributed by atoms with E-state index in [1.807, 2.05) is 48.5 Å². The lowest BCUT2D eigenvalue weighted by atomic mass is 9.97. The molecule has 3 amide bonds. The van der Waals surface area contributed by atoms with Crippen molar-refractivity contribution in [3.05, 3.63) is 66.2 Å². The van der Waals surface area contributed by atoms with E-state index in [1.54, 1.807) is 17.0 Å². The number of nitrogens with one attached hydrogen (secondary N) is 2. The first kappa shape index (κ1) is 18.8. The Bertz CT molecular complexity index is 729. The summed E-state index contributed by atoms with van der Waals surface area (Å²) < 4.78 is 5.37. The van der Waals surface area contributed by atoms with Crippen LogP contribution in [0.5, 0.6) is 5.75 Å². The Kier molecular flexibility index (Phi) is 6.68. The normalized spacial score (nSPS) is 14.4. The molecule has 0 spiro atoms. The average Bonchev–Trinajstić information content (AvgIpc) is 2.72. The second-order valence-electron chi connectivity index (χ2n) is 6.66. The molecule has 142 valence electrons. The summed E-state index contributed by atoms with van der Waals surface area (Å²) in [6.45, 7) is 2.41. The number of para-hydroxylation sites is 1. The van der Waals surface area contributed by atoms with Crippen molar-refractivity contribution in [2.45, 2.75) is 19.4 Å². The van der Waals surface area contributed by atoms with Gasteiger partial charge in [-0.25, -0.2) is 9.59 Å². The van der Waals surface area contributed by atoms with Crippen LogP contribution in [0, 0.1) is 5.92 Å². The second-order valence-corrected chi connectivity index (χ2v) is 6.66. The van der Waals surface area contributed by atoms with Crippen LogP contribution >= 0.6 is 0 Å². The molecular weight excluding hydrogens is 342 g/mol. The third-order valence-corrected chi connectivity index (χ3v) is 4.67. The van der Waals surface area contributed by atoms with Crippen molar-refractivity contribution in [2.24, 2.45) is 5.92 Å². The van der Waals surface area contributed by atoms with Crippen LogP contribution in [0.2, 0.25) is 0 Å². The number of amides is 3. The number of ether oxygens (including phenoxy) is 1. The minimum absolute atomic E-state index is 0.162. The lowest BCUT2D eigenvalue weighted by molar-refractivity contribution is 0.130. The molecular formula is C21H25N3O3. The standard InChI is InChI=1S/C21H25N3O3/c25-20(22-15-17-7-3-1-4-8-17)23-16-18-11-13-24(14-12-18)21(26)27-19-9-5-2-6-10-19/h1-10,18H,11-16H2,(H2,22,23,25). The van der Waals surface area contributed by atoms with Gasteiger partial charge in [0.15, 0.2) is 0 Å². The first-order valence-corrected chi connectivity index (χ1v) is 9.28. The fraction of sp³-hybridized carbons (Fsp3) is 0.333. The average molecular weight is 367 g/mol. The van der Waals surface area contributed by atoms with Crippen LogP contribution < -0.4 is 15.4 Å². The van der Waals surface area contributed by atoms with Gasteiger partial charge in [-0.15, -0.1) is 0 Å². The van der Waals surface area contributed by atoms with Gasteiger partial charge in [-0.3, -0.25) is 0 Å². The molecule has 0 aromatic heterocycles. The summed E-state index contributed by atoms with van der Waals surface area (Å²) in [6.07, 6.45) is 1.39. The summed E-state index contributed by atoms with van der Waals surface area (Å²) in [7, 11) is 0. The molecule has 1 fully saturated rings. The van der Waals surface area contributed by atoms with E-state index in [9.17, 15) is 9.59 Å². The van der Waals surface area contributed by atoms with Gasteiger partial charge in [0.2, 0.25) is 0 Å². The van der Waals surface area contributed by atoms with Crippen LogP contribution in [0.15, 0.2) is 60.7 Å². The predicted octanol–water partition coefficient (Wildman–Crippen LogP) is 3.40. The van der Waals surface area contributed by atoms with E-state index in [0.717, 1.165) is 18.4 Å². The molecule has 0 aliphatic carbocycles. The number of carbonyl (C=O) groups excluding carboxylic acids is 2. The zero-order chi connectivity index (χ0) is 18.9. The number of benzene rings is 2. The van der Waals surface area contributed by atoms with Gasteiger partial charge in [-0.1, -0.05) is 48.5 Å². The third kappa shape index (κ3) is 6.02. The number of rotatable bonds is 5. The molecule has 1 aliphatic heterocycles. The molecule has 0 saturated carbocycles. The molecule has 2 aromatic rings. The lowest BCUT2D eigenvalue weighted by Crippen LogP contribution is -2.44. The summed E-state index contributed by atoms with van der Waals surface area (Å²) in [5.41, 5.74) is 1.07. The minimum Gasteiger partial charge on any atom is -0.410 e. The van der Waals surface area contributed by atoms with Crippen molar-refractivity contribution in [2.75, 3.05) is 19.6 Å². The van der Waals surface area contributed by atoms with E-state index in [4.69, 9.17) is 4.74 Å². The molecule has 2 aromatic carbocycles. The SMILES string of the molecule is O=C(NCc1ccccc1)NCC1CCN(C(=O)Oc2ccccc2)CC1.